The van der Waals surface area contributed by atoms with Crippen LogP contribution in [0.15, 0.2) is 109 Å². The highest BCUT2D eigenvalue weighted by Gasteiger charge is 2.33. The van der Waals surface area contributed by atoms with Crippen molar-refractivity contribution in [2.75, 3.05) is 0 Å². The summed E-state index contributed by atoms with van der Waals surface area (Å²) in [6.07, 6.45) is 0. The first-order valence-corrected chi connectivity index (χ1v) is 12.3. The first kappa shape index (κ1) is 24.8. The number of fused-ring (bicyclic) bond motifs is 1. The van der Waals surface area contributed by atoms with Crippen molar-refractivity contribution in [3.05, 3.63) is 132 Å². The van der Waals surface area contributed by atoms with E-state index in [1.54, 1.807) is 12.1 Å². The molecule has 0 aliphatic carbocycles. The largest absolute Gasteiger partial charge is 0.350 e. The molecule has 1 unspecified atom stereocenters. The Kier molecular flexibility index (Phi) is 7.49. The minimum absolute atomic E-state index is 0.101. The van der Waals surface area contributed by atoms with Crippen LogP contribution in [0.2, 0.25) is 0 Å². The van der Waals surface area contributed by atoms with Crippen LogP contribution in [0, 0.1) is 5.82 Å². The molecular formula is C30H26FN5O2. The van der Waals surface area contributed by atoms with E-state index >= 15 is 4.39 Å². The SMILES string of the molecule is O=C(NCc1ccccc1)C(c1ccccc1F)N(Cc1ccccc1)C(=O)Cn1nnc2ccccc21. The van der Waals surface area contributed by atoms with E-state index in [4.69, 9.17) is 0 Å². The van der Waals surface area contributed by atoms with Gasteiger partial charge in [0.05, 0.1) is 5.52 Å². The second-order valence-corrected chi connectivity index (χ2v) is 8.87. The van der Waals surface area contributed by atoms with E-state index in [0.717, 1.165) is 11.1 Å². The predicted molar refractivity (Wildman–Crippen MR) is 142 cm³/mol. The van der Waals surface area contributed by atoms with Gasteiger partial charge in [-0.25, -0.2) is 9.07 Å². The maximum Gasteiger partial charge on any atom is 0.247 e. The van der Waals surface area contributed by atoms with Gasteiger partial charge in [0.25, 0.3) is 0 Å². The van der Waals surface area contributed by atoms with Crippen LogP contribution in [-0.2, 0) is 29.2 Å². The first-order chi connectivity index (χ1) is 18.6. The minimum Gasteiger partial charge on any atom is -0.350 e. The van der Waals surface area contributed by atoms with Gasteiger partial charge >= 0.3 is 0 Å². The number of nitrogens with zero attached hydrogens (tertiary/aromatic N) is 4. The van der Waals surface area contributed by atoms with Gasteiger partial charge in [-0.2, -0.15) is 0 Å². The molecule has 1 N–H and O–H groups in total. The van der Waals surface area contributed by atoms with E-state index in [1.165, 1.54) is 21.7 Å². The summed E-state index contributed by atoms with van der Waals surface area (Å²) < 4.78 is 16.7. The molecule has 2 amide bonds. The highest BCUT2D eigenvalue weighted by Crippen LogP contribution is 2.27. The minimum atomic E-state index is -1.21. The van der Waals surface area contributed by atoms with Crippen LogP contribution in [0.5, 0.6) is 0 Å². The van der Waals surface area contributed by atoms with Crippen LogP contribution >= 0.6 is 0 Å². The van der Waals surface area contributed by atoms with Crippen molar-refractivity contribution >= 4 is 22.8 Å². The Morgan fingerprint density at radius 2 is 1.45 bits per heavy atom. The zero-order valence-corrected chi connectivity index (χ0v) is 20.6. The fourth-order valence-electron chi connectivity index (χ4n) is 4.39. The Balaban J connectivity index is 1.52. The number of halogens is 1. The van der Waals surface area contributed by atoms with Crippen molar-refractivity contribution in [3.63, 3.8) is 0 Å². The Bertz CT molecular complexity index is 1540. The highest BCUT2D eigenvalue weighted by molar-refractivity contribution is 5.89. The summed E-state index contributed by atoms with van der Waals surface area (Å²) in [5, 5.41) is 11.2. The molecule has 38 heavy (non-hydrogen) atoms. The van der Waals surface area contributed by atoms with Gasteiger partial charge in [0, 0.05) is 18.7 Å². The van der Waals surface area contributed by atoms with E-state index in [-0.39, 0.29) is 25.2 Å². The lowest BCUT2D eigenvalue weighted by molar-refractivity contribution is -0.142. The molecule has 0 spiro atoms. The molecule has 190 valence electrons. The summed E-state index contributed by atoms with van der Waals surface area (Å²) in [5.74, 6) is -1.44. The van der Waals surface area contributed by atoms with E-state index < -0.39 is 23.7 Å². The van der Waals surface area contributed by atoms with Crippen LogP contribution in [-0.4, -0.2) is 31.7 Å². The molecule has 0 bridgehead atoms. The summed E-state index contributed by atoms with van der Waals surface area (Å²) in [4.78, 5) is 29.0. The number of rotatable bonds is 9. The number of amides is 2. The van der Waals surface area contributed by atoms with Gasteiger partial charge in [-0.1, -0.05) is 96.2 Å². The third-order valence-electron chi connectivity index (χ3n) is 6.29. The van der Waals surface area contributed by atoms with Gasteiger partial charge in [0.1, 0.15) is 23.9 Å². The van der Waals surface area contributed by atoms with Gasteiger partial charge < -0.3 is 10.2 Å². The number of carbonyl (C=O) groups excluding carboxylic acids is 2. The average Bonchev–Trinajstić information content (AvgIpc) is 3.36. The summed E-state index contributed by atoms with van der Waals surface area (Å²) in [6, 6.07) is 30.9. The molecule has 0 aliphatic heterocycles. The Labute approximate surface area is 219 Å². The smallest absolute Gasteiger partial charge is 0.247 e. The number of hydrogen-bond donors (Lipinski definition) is 1. The third kappa shape index (κ3) is 5.59. The average molecular weight is 508 g/mol. The molecule has 0 saturated carbocycles. The molecule has 4 aromatic carbocycles. The van der Waals surface area contributed by atoms with Gasteiger partial charge in [-0.15, -0.1) is 5.10 Å². The second-order valence-electron chi connectivity index (χ2n) is 8.87. The summed E-state index contributed by atoms with van der Waals surface area (Å²) in [7, 11) is 0. The van der Waals surface area contributed by atoms with Gasteiger partial charge in [-0.05, 0) is 29.3 Å². The Morgan fingerprint density at radius 3 is 2.18 bits per heavy atom. The van der Waals surface area contributed by atoms with E-state index in [0.29, 0.717) is 11.0 Å². The normalized spacial score (nSPS) is 11.7. The zero-order valence-electron chi connectivity index (χ0n) is 20.6. The molecule has 0 saturated heterocycles. The van der Waals surface area contributed by atoms with Gasteiger partial charge in [0.15, 0.2) is 0 Å². The quantitative estimate of drug-likeness (QED) is 0.315. The molecule has 8 heteroatoms. The molecule has 1 aromatic heterocycles. The van der Waals surface area contributed by atoms with Crippen LogP contribution in [0.25, 0.3) is 11.0 Å². The van der Waals surface area contributed by atoms with Gasteiger partial charge in [0.2, 0.25) is 11.8 Å². The standard InChI is InChI=1S/C30H26FN5O2/c31-25-16-8-7-15-24(25)29(30(38)32-19-22-11-3-1-4-12-22)35(20-23-13-5-2-6-14-23)28(37)21-36-27-18-10-9-17-26(27)33-34-36/h1-18,29H,19-21H2,(H,32,38). The van der Waals surface area contributed by atoms with Crippen molar-refractivity contribution in [1.29, 1.82) is 0 Å². The van der Waals surface area contributed by atoms with Crippen molar-refractivity contribution < 1.29 is 14.0 Å². The van der Waals surface area contributed by atoms with E-state index in [9.17, 15) is 9.59 Å². The first-order valence-electron chi connectivity index (χ1n) is 12.3. The number of aromatic nitrogens is 3. The molecule has 5 aromatic rings. The maximum absolute atomic E-state index is 15.2. The monoisotopic (exact) mass is 507 g/mol. The van der Waals surface area contributed by atoms with E-state index in [2.05, 4.69) is 15.6 Å². The highest BCUT2D eigenvalue weighted by atomic mass is 19.1. The number of carbonyl (C=O) groups is 2. The van der Waals surface area contributed by atoms with E-state index in [1.807, 2.05) is 84.9 Å². The summed E-state index contributed by atoms with van der Waals surface area (Å²) in [6.45, 7) is 0.181. The van der Waals surface area contributed by atoms with Crippen LogP contribution < -0.4 is 5.32 Å². The lowest BCUT2D eigenvalue weighted by Gasteiger charge is -2.32. The second kappa shape index (κ2) is 11.5. The number of para-hydroxylation sites is 1. The summed E-state index contributed by atoms with van der Waals surface area (Å²) >= 11 is 0. The molecule has 0 fully saturated rings. The Hall–Kier alpha value is -4.85. The predicted octanol–water partition coefficient (Wildman–Crippen LogP) is 4.66. The molecule has 5 rings (SSSR count). The van der Waals surface area contributed by atoms with Crippen LogP contribution in [0.4, 0.5) is 4.39 Å². The molecule has 1 atom stereocenters. The number of benzene rings is 4. The molecule has 0 aliphatic rings. The fourth-order valence-corrected chi connectivity index (χ4v) is 4.39. The van der Waals surface area contributed by atoms with Crippen molar-refractivity contribution in [1.82, 2.24) is 25.2 Å². The van der Waals surface area contributed by atoms with Crippen molar-refractivity contribution in [3.8, 4) is 0 Å². The van der Waals surface area contributed by atoms with Crippen molar-refractivity contribution in [2.45, 2.75) is 25.7 Å². The topological polar surface area (TPSA) is 80.1 Å². The molecule has 0 radical (unpaired) electrons. The lowest BCUT2D eigenvalue weighted by atomic mass is 10.0. The van der Waals surface area contributed by atoms with Crippen LogP contribution in [0.1, 0.15) is 22.7 Å². The zero-order chi connectivity index (χ0) is 26.3. The molecular weight excluding hydrogens is 481 g/mol. The summed E-state index contributed by atoms with van der Waals surface area (Å²) in [5.41, 5.74) is 3.16. The fraction of sp³-hybridized carbons (Fsp3) is 0.133. The third-order valence-corrected chi connectivity index (χ3v) is 6.29. The van der Waals surface area contributed by atoms with Crippen molar-refractivity contribution in [2.24, 2.45) is 0 Å². The van der Waals surface area contributed by atoms with Gasteiger partial charge in [-0.3, -0.25) is 9.59 Å². The lowest BCUT2D eigenvalue weighted by Crippen LogP contribution is -2.44. The number of hydrogen-bond acceptors (Lipinski definition) is 4. The Morgan fingerprint density at radius 1 is 0.816 bits per heavy atom. The molecule has 1 heterocycles. The number of nitrogens with one attached hydrogen (secondary N) is 1. The molecule has 7 nitrogen and oxygen atoms in total. The maximum atomic E-state index is 15.2. The van der Waals surface area contributed by atoms with Crippen LogP contribution in [0.3, 0.4) is 0 Å².